The summed E-state index contributed by atoms with van der Waals surface area (Å²) < 4.78 is 0. The lowest BCUT2D eigenvalue weighted by Crippen LogP contribution is -2.46. The second-order valence-corrected chi connectivity index (χ2v) is 6.25. The summed E-state index contributed by atoms with van der Waals surface area (Å²) in [6.07, 6.45) is 2.26. The zero-order valence-electron chi connectivity index (χ0n) is 12.4. The molecule has 0 bridgehead atoms. The third-order valence-electron chi connectivity index (χ3n) is 3.83. The number of hydrogen-bond acceptors (Lipinski definition) is 3. The van der Waals surface area contributed by atoms with E-state index in [1.165, 1.54) is 0 Å². The molecular formula is C15H21Cl2N3O. The molecule has 21 heavy (non-hydrogen) atoms. The van der Waals surface area contributed by atoms with E-state index in [0.29, 0.717) is 28.3 Å². The van der Waals surface area contributed by atoms with E-state index in [1.807, 2.05) is 20.0 Å². The Hall–Kier alpha value is -0.810. The highest BCUT2D eigenvalue weighted by Gasteiger charge is 2.21. The lowest BCUT2D eigenvalue weighted by molar-refractivity contribution is -0.117. The molecular weight excluding hydrogens is 309 g/mol. The number of aryl methyl sites for hydroxylation is 1. The molecule has 0 saturated carbocycles. The molecule has 1 heterocycles. The molecule has 1 aromatic rings. The number of piperidine rings is 1. The van der Waals surface area contributed by atoms with E-state index in [4.69, 9.17) is 23.2 Å². The lowest BCUT2D eigenvalue weighted by atomic mass is 10.1. The predicted octanol–water partition coefficient (Wildman–Crippen LogP) is 2.92. The van der Waals surface area contributed by atoms with Crippen LogP contribution in [0.3, 0.4) is 0 Å². The molecule has 1 aliphatic heterocycles. The number of likely N-dealkylation sites (tertiary alicyclic amines) is 1. The summed E-state index contributed by atoms with van der Waals surface area (Å²) in [5.41, 5.74) is 1.40. The maximum Gasteiger partial charge on any atom is 0.238 e. The Balaban J connectivity index is 1.97. The molecule has 1 aliphatic rings. The number of likely N-dealkylation sites (N-methyl/N-ethyl adjacent to an activating group) is 1. The van der Waals surface area contributed by atoms with Gasteiger partial charge in [-0.25, -0.2) is 0 Å². The molecule has 1 aromatic carbocycles. The summed E-state index contributed by atoms with van der Waals surface area (Å²) in [5.74, 6) is -0.0823. The minimum Gasteiger partial charge on any atom is -0.322 e. The Kier molecular flexibility index (Phi) is 5.88. The van der Waals surface area contributed by atoms with Crippen LogP contribution in [0.2, 0.25) is 10.0 Å². The molecule has 0 spiro atoms. The van der Waals surface area contributed by atoms with E-state index in [-0.39, 0.29) is 5.91 Å². The average Bonchev–Trinajstić information content (AvgIpc) is 2.48. The van der Waals surface area contributed by atoms with Crippen LogP contribution in [0.25, 0.3) is 0 Å². The van der Waals surface area contributed by atoms with Gasteiger partial charge in [0.15, 0.2) is 0 Å². The van der Waals surface area contributed by atoms with Crippen LogP contribution >= 0.6 is 23.2 Å². The molecule has 1 atom stereocenters. The van der Waals surface area contributed by atoms with E-state index in [2.05, 4.69) is 15.5 Å². The Bertz CT molecular complexity index is 522. The lowest BCUT2D eigenvalue weighted by Gasteiger charge is -2.32. The quantitative estimate of drug-likeness (QED) is 0.892. The van der Waals surface area contributed by atoms with E-state index >= 15 is 0 Å². The van der Waals surface area contributed by atoms with Crippen molar-refractivity contribution in [3.05, 3.63) is 27.7 Å². The van der Waals surface area contributed by atoms with Gasteiger partial charge in [0.2, 0.25) is 5.91 Å². The largest absolute Gasteiger partial charge is 0.322 e. The van der Waals surface area contributed by atoms with Crippen molar-refractivity contribution < 1.29 is 4.79 Å². The van der Waals surface area contributed by atoms with Gasteiger partial charge >= 0.3 is 0 Å². The molecule has 0 aromatic heterocycles. The summed E-state index contributed by atoms with van der Waals surface area (Å²) in [7, 11) is 1.96. The molecule has 116 valence electrons. The maximum atomic E-state index is 12.2. The molecule has 6 heteroatoms. The van der Waals surface area contributed by atoms with Crippen molar-refractivity contribution in [2.45, 2.75) is 25.8 Å². The van der Waals surface area contributed by atoms with Crippen LogP contribution in [0.1, 0.15) is 18.4 Å². The van der Waals surface area contributed by atoms with Gasteiger partial charge in [0.25, 0.3) is 0 Å². The molecule has 0 aliphatic carbocycles. The van der Waals surface area contributed by atoms with Crippen LogP contribution in [0, 0.1) is 6.92 Å². The summed E-state index contributed by atoms with van der Waals surface area (Å²) in [4.78, 5) is 14.4. The van der Waals surface area contributed by atoms with Gasteiger partial charge in [-0.15, -0.1) is 0 Å². The van der Waals surface area contributed by atoms with E-state index < -0.39 is 0 Å². The smallest absolute Gasteiger partial charge is 0.238 e. The average molecular weight is 330 g/mol. The Morgan fingerprint density at radius 1 is 1.43 bits per heavy atom. The Morgan fingerprint density at radius 2 is 2.19 bits per heavy atom. The number of nitrogens with one attached hydrogen (secondary N) is 2. The standard InChI is InChI=1S/C15H21Cl2N3O/c1-10-5-6-12(16)15(14(10)17)19-13(21)9-20-7-3-4-11(8-20)18-2/h5-6,11,18H,3-4,7-9H2,1-2H3,(H,19,21). The number of rotatable bonds is 4. The summed E-state index contributed by atoms with van der Waals surface area (Å²) in [5, 5.41) is 7.07. The van der Waals surface area contributed by atoms with E-state index in [1.54, 1.807) is 6.07 Å². The number of anilines is 1. The number of amides is 1. The Morgan fingerprint density at radius 3 is 2.90 bits per heavy atom. The summed E-state index contributed by atoms with van der Waals surface area (Å²) in [6, 6.07) is 4.04. The summed E-state index contributed by atoms with van der Waals surface area (Å²) in [6.45, 7) is 4.08. The third-order valence-corrected chi connectivity index (χ3v) is 4.63. The molecule has 0 radical (unpaired) electrons. The third kappa shape index (κ3) is 4.33. The molecule has 1 amide bonds. The van der Waals surface area contributed by atoms with Crippen LogP contribution in [-0.2, 0) is 4.79 Å². The van der Waals surface area contributed by atoms with Crippen LogP contribution in [-0.4, -0.2) is 43.5 Å². The van der Waals surface area contributed by atoms with Gasteiger partial charge in [-0.1, -0.05) is 29.3 Å². The van der Waals surface area contributed by atoms with Crippen molar-refractivity contribution in [3.63, 3.8) is 0 Å². The predicted molar refractivity (Wildman–Crippen MR) is 88.4 cm³/mol. The van der Waals surface area contributed by atoms with Crippen molar-refractivity contribution in [1.29, 1.82) is 0 Å². The minimum absolute atomic E-state index is 0.0823. The number of halogens is 2. The summed E-state index contributed by atoms with van der Waals surface area (Å²) >= 11 is 12.3. The molecule has 4 nitrogen and oxygen atoms in total. The first-order valence-electron chi connectivity index (χ1n) is 7.15. The highest BCUT2D eigenvalue weighted by molar-refractivity contribution is 6.40. The fourth-order valence-corrected chi connectivity index (χ4v) is 3.05. The number of nitrogens with zero attached hydrogens (tertiary/aromatic N) is 1. The topological polar surface area (TPSA) is 44.4 Å². The molecule has 1 saturated heterocycles. The van der Waals surface area contributed by atoms with Gasteiger partial charge in [-0.2, -0.15) is 0 Å². The SMILES string of the molecule is CNC1CCCN(CC(=O)Nc2c(Cl)ccc(C)c2Cl)C1. The van der Waals surface area contributed by atoms with Gasteiger partial charge < -0.3 is 10.6 Å². The number of benzene rings is 1. The maximum absolute atomic E-state index is 12.2. The molecule has 1 unspecified atom stereocenters. The second-order valence-electron chi connectivity index (χ2n) is 5.46. The van der Waals surface area contributed by atoms with E-state index in [0.717, 1.165) is 31.5 Å². The highest BCUT2D eigenvalue weighted by atomic mass is 35.5. The zero-order chi connectivity index (χ0) is 15.4. The molecule has 2 rings (SSSR count). The zero-order valence-corrected chi connectivity index (χ0v) is 13.9. The fourth-order valence-electron chi connectivity index (χ4n) is 2.59. The van der Waals surface area contributed by atoms with Crippen LogP contribution < -0.4 is 10.6 Å². The van der Waals surface area contributed by atoms with Gasteiger partial charge in [0.1, 0.15) is 0 Å². The van der Waals surface area contributed by atoms with Crippen molar-refractivity contribution in [2.24, 2.45) is 0 Å². The minimum atomic E-state index is -0.0823. The second kappa shape index (κ2) is 7.45. The normalized spacial score (nSPS) is 19.5. The van der Waals surface area contributed by atoms with Crippen molar-refractivity contribution in [1.82, 2.24) is 10.2 Å². The van der Waals surface area contributed by atoms with Gasteiger partial charge in [-0.3, -0.25) is 9.69 Å². The molecule has 2 N–H and O–H groups in total. The van der Waals surface area contributed by atoms with Gasteiger partial charge in [-0.05, 0) is 45.0 Å². The molecule has 1 fully saturated rings. The van der Waals surface area contributed by atoms with Crippen molar-refractivity contribution in [2.75, 3.05) is 32.0 Å². The van der Waals surface area contributed by atoms with Crippen molar-refractivity contribution >= 4 is 34.8 Å². The van der Waals surface area contributed by atoms with E-state index in [9.17, 15) is 4.79 Å². The Labute approximate surface area is 135 Å². The van der Waals surface area contributed by atoms with Gasteiger partial charge in [0.05, 0.1) is 22.3 Å². The fraction of sp³-hybridized carbons (Fsp3) is 0.533. The number of carbonyl (C=O) groups excluding carboxylic acids is 1. The monoisotopic (exact) mass is 329 g/mol. The first kappa shape index (κ1) is 16.6. The first-order chi connectivity index (χ1) is 10.0. The number of hydrogen-bond donors (Lipinski definition) is 2. The number of carbonyl (C=O) groups is 1. The van der Waals surface area contributed by atoms with Crippen LogP contribution in [0.5, 0.6) is 0 Å². The van der Waals surface area contributed by atoms with Crippen LogP contribution in [0.15, 0.2) is 12.1 Å². The first-order valence-corrected chi connectivity index (χ1v) is 7.91. The van der Waals surface area contributed by atoms with Crippen molar-refractivity contribution in [3.8, 4) is 0 Å². The van der Waals surface area contributed by atoms with Gasteiger partial charge in [0, 0.05) is 12.6 Å². The highest BCUT2D eigenvalue weighted by Crippen LogP contribution is 2.32. The van der Waals surface area contributed by atoms with Crippen LogP contribution in [0.4, 0.5) is 5.69 Å².